The molecular weight excluding hydrogens is 348 g/mol. The second kappa shape index (κ2) is 7.92. The highest BCUT2D eigenvalue weighted by Crippen LogP contribution is 2.25. The van der Waals surface area contributed by atoms with Gasteiger partial charge in [0.05, 0.1) is 17.8 Å². The molecule has 1 unspecified atom stereocenters. The third-order valence-corrected chi connectivity index (χ3v) is 4.64. The summed E-state index contributed by atoms with van der Waals surface area (Å²) < 4.78 is 6.55. The Morgan fingerprint density at radius 1 is 1.38 bits per heavy atom. The van der Waals surface area contributed by atoms with E-state index in [1.54, 1.807) is 18.4 Å². The SMILES string of the molecule is CCNC(Cc1csc(C)n1)Cc1cc(Br)ccc1OC. The van der Waals surface area contributed by atoms with E-state index in [9.17, 15) is 0 Å². The lowest BCUT2D eigenvalue weighted by Crippen LogP contribution is -2.33. The molecule has 21 heavy (non-hydrogen) atoms. The molecule has 114 valence electrons. The van der Waals surface area contributed by atoms with Gasteiger partial charge in [-0.05, 0) is 43.7 Å². The van der Waals surface area contributed by atoms with E-state index in [2.05, 4.69) is 44.6 Å². The van der Waals surface area contributed by atoms with Gasteiger partial charge < -0.3 is 10.1 Å². The van der Waals surface area contributed by atoms with E-state index in [-0.39, 0.29) is 0 Å². The van der Waals surface area contributed by atoms with Crippen molar-refractivity contribution >= 4 is 27.3 Å². The largest absolute Gasteiger partial charge is 0.496 e. The second-order valence-electron chi connectivity index (χ2n) is 4.98. The third kappa shape index (κ3) is 4.80. The maximum atomic E-state index is 5.47. The van der Waals surface area contributed by atoms with Gasteiger partial charge in [-0.3, -0.25) is 0 Å². The topological polar surface area (TPSA) is 34.2 Å². The molecule has 3 nitrogen and oxygen atoms in total. The molecular formula is C16H21BrN2OS. The standard InChI is InChI=1S/C16H21BrN2OS/c1-4-18-14(9-15-10-21-11(2)19-15)8-12-7-13(17)5-6-16(12)20-3/h5-7,10,14,18H,4,8-9H2,1-3H3. The number of hydrogen-bond donors (Lipinski definition) is 1. The minimum absolute atomic E-state index is 0.361. The van der Waals surface area contributed by atoms with Crippen LogP contribution >= 0.6 is 27.3 Å². The molecule has 0 saturated heterocycles. The van der Waals surface area contributed by atoms with Crippen LogP contribution in [-0.4, -0.2) is 24.7 Å². The predicted octanol–water partition coefficient (Wildman–Crippen LogP) is 3.99. The molecule has 0 aliphatic heterocycles. The third-order valence-electron chi connectivity index (χ3n) is 3.32. The summed E-state index contributed by atoms with van der Waals surface area (Å²) in [6, 6.07) is 6.51. The zero-order valence-electron chi connectivity index (χ0n) is 12.6. The molecule has 1 atom stereocenters. The molecule has 5 heteroatoms. The number of aromatic nitrogens is 1. The molecule has 0 aliphatic carbocycles. The lowest BCUT2D eigenvalue weighted by molar-refractivity contribution is 0.404. The Bertz CT molecular complexity index is 585. The Morgan fingerprint density at radius 2 is 2.19 bits per heavy atom. The van der Waals surface area contributed by atoms with Gasteiger partial charge in [-0.25, -0.2) is 4.98 Å². The van der Waals surface area contributed by atoms with Crippen LogP contribution in [0, 0.1) is 6.92 Å². The van der Waals surface area contributed by atoms with Crippen molar-refractivity contribution in [2.45, 2.75) is 32.7 Å². The van der Waals surface area contributed by atoms with Crippen molar-refractivity contribution in [3.05, 3.63) is 44.3 Å². The lowest BCUT2D eigenvalue weighted by atomic mass is 10.0. The lowest BCUT2D eigenvalue weighted by Gasteiger charge is -2.19. The van der Waals surface area contributed by atoms with Crippen molar-refractivity contribution in [3.8, 4) is 5.75 Å². The highest BCUT2D eigenvalue weighted by Gasteiger charge is 2.14. The molecule has 0 saturated carbocycles. The average Bonchev–Trinajstić information content (AvgIpc) is 2.84. The molecule has 0 bridgehead atoms. The summed E-state index contributed by atoms with van der Waals surface area (Å²) in [6.45, 7) is 5.13. The summed E-state index contributed by atoms with van der Waals surface area (Å²) in [4.78, 5) is 4.57. The summed E-state index contributed by atoms with van der Waals surface area (Å²) in [6.07, 6.45) is 1.86. The van der Waals surface area contributed by atoms with Gasteiger partial charge in [0.2, 0.25) is 0 Å². The maximum Gasteiger partial charge on any atom is 0.122 e. The number of rotatable bonds is 7. The molecule has 1 N–H and O–H groups in total. The zero-order valence-corrected chi connectivity index (χ0v) is 15.1. The zero-order chi connectivity index (χ0) is 15.2. The molecule has 2 rings (SSSR count). The van der Waals surface area contributed by atoms with Crippen LogP contribution in [0.2, 0.25) is 0 Å². The summed E-state index contributed by atoms with van der Waals surface area (Å²) >= 11 is 5.25. The van der Waals surface area contributed by atoms with Crippen LogP contribution in [-0.2, 0) is 12.8 Å². The van der Waals surface area contributed by atoms with Crippen LogP contribution in [0.5, 0.6) is 5.75 Å². The van der Waals surface area contributed by atoms with Crippen LogP contribution in [0.3, 0.4) is 0 Å². The molecule has 0 radical (unpaired) electrons. The van der Waals surface area contributed by atoms with Gasteiger partial charge in [-0.15, -0.1) is 11.3 Å². The van der Waals surface area contributed by atoms with Crippen LogP contribution in [0.15, 0.2) is 28.1 Å². The molecule has 1 aromatic heterocycles. The van der Waals surface area contributed by atoms with E-state index >= 15 is 0 Å². The fraction of sp³-hybridized carbons (Fsp3) is 0.438. The molecule has 0 amide bonds. The number of halogens is 1. The van der Waals surface area contributed by atoms with Gasteiger partial charge in [0.1, 0.15) is 5.75 Å². The van der Waals surface area contributed by atoms with E-state index in [0.717, 1.165) is 40.3 Å². The molecule has 0 spiro atoms. The molecule has 1 aromatic carbocycles. The van der Waals surface area contributed by atoms with Gasteiger partial charge in [0, 0.05) is 22.3 Å². The van der Waals surface area contributed by atoms with Crippen molar-refractivity contribution in [1.82, 2.24) is 10.3 Å². The molecule has 2 aromatic rings. The van der Waals surface area contributed by atoms with E-state index in [1.807, 2.05) is 19.1 Å². The number of thiazole rings is 1. The van der Waals surface area contributed by atoms with Gasteiger partial charge in [-0.2, -0.15) is 0 Å². The first-order valence-electron chi connectivity index (χ1n) is 7.09. The van der Waals surface area contributed by atoms with Crippen molar-refractivity contribution in [2.75, 3.05) is 13.7 Å². The minimum atomic E-state index is 0.361. The smallest absolute Gasteiger partial charge is 0.122 e. The maximum absolute atomic E-state index is 5.47. The summed E-state index contributed by atoms with van der Waals surface area (Å²) in [5.74, 6) is 0.940. The van der Waals surface area contributed by atoms with Gasteiger partial charge >= 0.3 is 0 Å². The van der Waals surface area contributed by atoms with E-state index in [1.165, 1.54) is 5.56 Å². The first-order chi connectivity index (χ1) is 10.1. The number of likely N-dealkylation sites (N-methyl/N-ethyl adjacent to an activating group) is 1. The van der Waals surface area contributed by atoms with E-state index in [4.69, 9.17) is 4.74 Å². The summed E-state index contributed by atoms with van der Waals surface area (Å²) in [7, 11) is 1.72. The Hall–Kier alpha value is -0.910. The van der Waals surface area contributed by atoms with Crippen LogP contribution in [0.1, 0.15) is 23.2 Å². The molecule has 0 aliphatic rings. The molecule has 1 heterocycles. The number of nitrogens with one attached hydrogen (secondary N) is 1. The first kappa shape index (κ1) is 16.5. The normalized spacial score (nSPS) is 12.4. The Balaban J connectivity index is 2.13. The van der Waals surface area contributed by atoms with E-state index in [0.29, 0.717) is 6.04 Å². The molecule has 0 fully saturated rings. The Morgan fingerprint density at radius 3 is 2.81 bits per heavy atom. The van der Waals surface area contributed by atoms with Crippen molar-refractivity contribution in [2.24, 2.45) is 0 Å². The van der Waals surface area contributed by atoms with Crippen LogP contribution < -0.4 is 10.1 Å². The average molecular weight is 369 g/mol. The first-order valence-corrected chi connectivity index (χ1v) is 8.76. The minimum Gasteiger partial charge on any atom is -0.496 e. The monoisotopic (exact) mass is 368 g/mol. The number of ether oxygens (including phenoxy) is 1. The Kier molecular flexibility index (Phi) is 6.21. The number of nitrogens with zero attached hydrogens (tertiary/aromatic N) is 1. The second-order valence-corrected chi connectivity index (χ2v) is 6.95. The van der Waals surface area contributed by atoms with Crippen LogP contribution in [0.25, 0.3) is 0 Å². The predicted molar refractivity (Wildman–Crippen MR) is 92.4 cm³/mol. The summed E-state index contributed by atoms with van der Waals surface area (Å²) in [5, 5.41) is 6.83. The van der Waals surface area contributed by atoms with E-state index < -0.39 is 0 Å². The van der Waals surface area contributed by atoms with Gasteiger partial charge in [-0.1, -0.05) is 22.9 Å². The van der Waals surface area contributed by atoms with Crippen molar-refractivity contribution in [1.29, 1.82) is 0 Å². The fourth-order valence-electron chi connectivity index (χ4n) is 2.43. The van der Waals surface area contributed by atoms with Gasteiger partial charge in [0.25, 0.3) is 0 Å². The quantitative estimate of drug-likeness (QED) is 0.802. The van der Waals surface area contributed by atoms with Crippen molar-refractivity contribution < 1.29 is 4.74 Å². The Labute approximate surface area is 138 Å². The van der Waals surface area contributed by atoms with Crippen molar-refractivity contribution in [3.63, 3.8) is 0 Å². The fourth-order valence-corrected chi connectivity index (χ4v) is 3.47. The highest BCUT2D eigenvalue weighted by atomic mass is 79.9. The number of benzene rings is 1. The number of aryl methyl sites for hydroxylation is 1. The summed E-state index contributed by atoms with van der Waals surface area (Å²) in [5.41, 5.74) is 2.38. The van der Waals surface area contributed by atoms with Crippen LogP contribution in [0.4, 0.5) is 0 Å². The van der Waals surface area contributed by atoms with Gasteiger partial charge in [0.15, 0.2) is 0 Å². The highest BCUT2D eigenvalue weighted by molar-refractivity contribution is 9.10. The number of methoxy groups -OCH3 is 1. The number of hydrogen-bond acceptors (Lipinski definition) is 4.